The van der Waals surface area contributed by atoms with Crippen molar-refractivity contribution in [1.82, 2.24) is 4.72 Å². The molecule has 0 atom stereocenters. The van der Waals surface area contributed by atoms with Gasteiger partial charge in [-0.25, -0.2) is 8.42 Å². The van der Waals surface area contributed by atoms with E-state index < -0.39 is 22.5 Å². The molecule has 0 amide bonds. The number of carboxylic acids is 1. The van der Waals surface area contributed by atoms with Crippen molar-refractivity contribution >= 4 is 54.9 Å². The van der Waals surface area contributed by atoms with Crippen LogP contribution in [0.2, 0.25) is 5.02 Å². The molecule has 1 heterocycles. The molecule has 84 valence electrons. The second kappa shape index (κ2) is 4.79. The molecule has 1 rings (SSSR count). The molecule has 0 aromatic carbocycles. The molecule has 15 heavy (non-hydrogen) atoms. The van der Waals surface area contributed by atoms with Gasteiger partial charge in [-0.15, -0.1) is 11.3 Å². The Balaban J connectivity index is 2.91. The Morgan fingerprint density at radius 3 is 2.67 bits per heavy atom. The number of carboxylic acid groups (broad SMARTS) is 1. The molecular weight excluding hydrogens is 330 g/mol. The Labute approximate surface area is 103 Å². The van der Waals surface area contributed by atoms with E-state index in [4.69, 9.17) is 16.7 Å². The normalized spacial score (nSPS) is 11.6. The molecule has 0 unspecified atom stereocenters. The van der Waals surface area contributed by atoms with E-state index in [2.05, 4.69) is 15.9 Å². The lowest BCUT2D eigenvalue weighted by atomic mass is 10.7. The minimum atomic E-state index is -3.78. The Bertz CT molecular complexity index is 464. The van der Waals surface area contributed by atoms with Gasteiger partial charge in [-0.05, 0) is 22.0 Å². The van der Waals surface area contributed by atoms with Crippen molar-refractivity contribution in [2.24, 2.45) is 0 Å². The van der Waals surface area contributed by atoms with Gasteiger partial charge < -0.3 is 5.11 Å². The maximum absolute atomic E-state index is 11.5. The van der Waals surface area contributed by atoms with Gasteiger partial charge in [-0.1, -0.05) is 11.6 Å². The first-order valence-corrected chi connectivity index (χ1v) is 6.96. The van der Waals surface area contributed by atoms with Crippen molar-refractivity contribution in [3.8, 4) is 0 Å². The summed E-state index contributed by atoms with van der Waals surface area (Å²) in [5.74, 6) is -1.25. The fourth-order valence-electron chi connectivity index (χ4n) is 0.687. The lowest BCUT2D eigenvalue weighted by Gasteiger charge is -2.00. The van der Waals surface area contributed by atoms with Gasteiger partial charge in [0.1, 0.15) is 10.8 Å². The smallest absolute Gasteiger partial charge is 0.318 e. The van der Waals surface area contributed by atoms with Crippen LogP contribution in [0.5, 0.6) is 0 Å². The largest absolute Gasteiger partial charge is 0.480 e. The number of aliphatic carboxylic acids is 1. The highest BCUT2D eigenvalue weighted by Gasteiger charge is 2.19. The number of hydrogen-bond acceptors (Lipinski definition) is 4. The van der Waals surface area contributed by atoms with Crippen molar-refractivity contribution in [1.29, 1.82) is 0 Å². The first kappa shape index (κ1) is 12.9. The van der Waals surface area contributed by atoms with Crippen LogP contribution in [-0.2, 0) is 14.8 Å². The van der Waals surface area contributed by atoms with Crippen LogP contribution in [0.25, 0.3) is 0 Å². The minimum absolute atomic E-state index is 0.0272. The summed E-state index contributed by atoms with van der Waals surface area (Å²) in [7, 11) is -3.78. The molecular formula is C6H5BrClNO4S2. The maximum atomic E-state index is 11.5. The second-order valence-corrected chi connectivity index (χ2v) is 7.18. The number of thiophene rings is 1. The number of sulfonamides is 1. The zero-order chi connectivity index (χ0) is 11.6. The molecule has 1 aromatic heterocycles. The van der Waals surface area contributed by atoms with Gasteiger partial charge in [0.25, 0.3) is 10.0 Å². The third-order valence-electron chi connectivity index (χ3n) is 1.30. The topological polar surface area (TPSA) is 83.5 Å². The van der Waals surface area contributed by atoms with E-state index in [0.29, 0.717) is 3.79 Å². The summed E-state index contributed by atoms with van der Waals surface area (Å²) in [4.78, 5) is 10.2. The number of carbonyl (C=O) groups is 1. The molecule has 0 aliphatic heterocycles. The first-order chi connectivity index (χ1) is 6.83. The molecule has 1 aromatic rings. The van der Waals surface area contributed by atoms with Gasteiger partial charge in [0.2, 0.25) is 0 Å². The maximum Gasteiger partial charge on any atom is 0.318 e. The van der Waals surface area contributed by atoms with E-state index in [1.165, 1.54) is 6.07 Å². The van der Waals surface area contributed by atoms with Gasteiger partial charge >= 0.3 is 5.97 Å². The van der Waals surface area contributed by atoms with E-state index in [1.54, 1.807) is 0 Å². The Hall–Kier alpha value is -0.150. The third kappa shape index (κ3) is 3.42. The van der Waals surface area contributed by atoms with E-state index in [-0.39, 0.29) is 9.23 Å². The van der Waals surface area contributed by atoms with E-state index >= 15 is 0 Å². The van der Waals surface area contributed by atoms with Crippen molar-refractivity contribution in [2.45, 2.75) is 4.21 Å². The summed E-state index contributed by atoms with van der Waals surface area (Å²) in [6.07, 6.45) is 0. The van der Waals surface area contributed by atoms with Crippen molar-refractivity contribution in [3.63, 3.8) is 0 Å². The van der Waals surface area contributed by atoms with Gasteiger partial charge in [-0.2, -0.15) is 4.72 Å². The van der Waals surface area contributed by atoms with Crippen LogP contribution < -0.4 is 4.72 Å². The number of halogens is 2. The number of nitrogens with one attached hydrogen (secondary N) is 1. The summed E-state index contributed by atoms with van der Waals surface area (Å²) in [5.41, 5.74) is 0. The van der Waals surface area contributed by atoms with Gasteiger partial charge in [0, 0.05) is 0 Å². The minimum Gasteiger partial charge on any atom is -0.480 e. The highest BCUT2D eigenvalue weighted by Crippen LogP contribution is 2.34. The van der Waals surface area contributed by atoms with Crippen LogP contribution >= 0.6 is 38.9 Å². The Morgan fingerprint density at radius 2 is 2.27 bits per heavy atom. The summed E-state index contributed by atoms with van der Waals surface area (Å²) in [6, 6.07) is 1.25. The average Bonchev–Trinajstić information content (AvgIpc) is 2.45. The zero-order valence-electron chi connectivity index (χ0n) is 7.03. The molecule has 2 N–H and O–H groups in total. The Kier molecular flexibility index (Phi) is 4.13. The lowest BCUT2D eigenvalue weighted by molar-refractivity contribution is -0.135. The predicted octanol–water partition coefficient (Wildman–Crippen LogP) is 1.53. The molecule has 9 heteroatoms. The van der Waals surface area contributed by atoms with E-state index in [1.807, 2.05) is 4.72 Å². The lowest BCUT2D eigenvalue weighted by Crippen LogP contribution is -2.28. The van der Waals surface area contributed by atoms with Gasteiger partial charge in [0.05, 0.1) is 8.81 Å². The molecule has 0 radical (unpaired) electrons. The molecule has 0 aliphatic rings. The Morgan fingerprint density at radius 1 is 1.67 bits per heavy atom. The van der Waals surface area contributed by atoms with Crippen LogP contribution in [0.3, 0.4) is 0 Å². The van der Waals surface area contributed by atoms with Gasteiger partial charge in [-0.3, -0.25) is 4.79 Å². The number of hydrogen-bond donors (Lipinski definition) is 2. The van der Waals surface area contributed by atoms with Crippen molar-refractivity contribution in [3.05, 3.63) is 14.9 Å². The fourth-order valence-corrected chi connectivity index (χ4v) is 4.10. The summed E-state index contributed by atoms with van der Waals surface area (Å²) >= 11 is 9.63. The molecule has 0 spiro atoms. The van der Waals surface area contributed by atoms with Crippen LogP contribution in [-0.4, -0.2) is 26.0 Å². The number of rotatable bonds is 4. The fraction of sp³-hybridized carbons (Fsp3) is 0.167. The third-order valence-corrected chi connectivity index (χ3v) is 5.65. The quantitative estimate of drug-likeness (QED) is 0.874. The molecule has 0 saturated heterocycles. The van der Waals surface area contributed by atoms with Crippen LogP contribution in [0.15, 0.2) is 14.1 Å². The standard InChI is InChI=1S/C6H5BrClNO4S2/c7-6-3(8)1-5(14-6)15(12,13)9-2-4(10)11/h1,9H,2H2,(H,10,11). The molecule has 0 aliphatic carbocycles. The van der Waals surface area contributed by atoms with Crippen molar-refractivity contribution in [2.75, 3.05) is 6.54 Å². The average molecular weight is 335 g/mol. The highest BCUT2D eigenvalue weighted by molar-refractivity contribution is 9.11. The summed E-state index contributed by atoms with van der Waals surface area (Å²) in [5, 5.41) is 8.60. The SMILES string of the molecule is O=C(O)CNS(=O)(=O)c1cc(Cl)c(Br)s1. The predicted molar refractivity (Wildman–Crippen MR) is 59.9 cm³/mol. The summed E-state index contributed by atoms with van der Waals surface area (Å²) < 4.78 is 25.3. The van der Waals surface area contributed by atoms with Crippen LogP contribution in [0.4, 0.5) is 0 Å². The molecule has 0 fully saturated rings. The second-order valence-electron chi connectivity index (χ2n) is 2.41. The molecule has 0 bridgehead atoms. The monoisotopic (exact) mass is 333 g/mol. The van der Waals surface area contributed by atoms with Crippen LogP contribution in [0.1, 0.15) is 0 Å². The van der Waals surface area contributed by atoms with Crippen molar-refractivity contribution < 1.29 is 18.3 Å². The molecule has 0 saturated carbocycles. The van der Waals surface area contributed by atoms with Gasteiger partial charge in [0.15, 0.2) is 0 Å². The highest BCUT2D eigenvalue weighted by atomic mass is 79.9. The van der Waals surface area contributed by atoms with Crippen LogP contribution in [0, 0.1) is 0 Å². The van der Waals surface area contributed by atoms with E-state index in [9.17, 15) is 13.2 Å². The van der Waals surface area contributed by atoms with E-state index in [0.717, 1.165) is 11.3 Å². The first-order valence-electron chi connectivity index (χ1n) is 3.49. The summed E-state index contributed by atoms with van der Waals surface area (Å²) in [6.45, 7) is -0.657. The zero-order valence-corrected chi connectivity index (χ0v) is 11.0. The molecule has 5 nitrogen and oxygen atoms in total.